The lowest BCUT2D eigenvalue weighted by Gasteiger charge is -2.12. The highest BCUT2D eigenvalue weighted by atomic mass is 16.5. The van der Waals surface area contributed by atoms with Gasteiger partial charge in [-0.2, -0.15) is 0 Å². The quantitative estimate of drug-likeness (QED) is 0.812. The number of benzene rings is 2. The first-order valence-electron chi connectivity index (χ1n) is 8.18. The van der Waals surface area contributed by atoms with E-state index in [1.807, 2.05) is 26.8 Å². The van der Waals surface area contributed by atoms with E-state index < -0.39 is 5.97 Å². The molecule has 0 aromatic heterocycles. The first kappa shape index (κ1) is 18.5. The Morgan fingerprint density at radius 1 is 1.08 bits per heavy atom. The van der Waals surface area contributed by atoms with Gasteiger partial charge in [0.1, 0.15) is 5.75 Å². The number of ether oxygens (including phenoxy) is 2. The molecule has 0 aliphatic carbocycles. The van der Waals surface area contributed by atoms with E-state index in [1.54, 1.807) is 31.2 Å². The van der Waals surface area contributed by atoms with E-state index in [1.165, 1.54) is 0 Å². The molecule has 0 saturated carbocycles. The fraction of sp³-hybridized carbons (Fsp3) is 0.300. The van der Waals surface area contributed by atoms with Crippen LogP contribution in [0.4, 0.5) is 5.69 Å². The van der Waals surface area contributed by atoms with Gasteiger partial charge in [0.15, 0.2) is 6.61 Å². The summed E-state index contributed by atoms with van der Waals surface area (Å²) >= 11 is 0. The van der Waals surface area contributed by atoms with E-state index in [0.717, 1.165) is 16.7 Å². The number of amides is 1. The molecule has 2 aromatic rings. The summed E-state index contributed by atoms with van der Waals surface area (Å²) in [5.74, 6) is -0.00629. The maximum absolute atomic E-state index is 12.1. The molecule has 25 heavy (non-hydrogen) atoms. The Morgan fingerprint density at radius 2 is 1.84 bits per heavy atom. The summed E-state index contributed by atoms with van der Waals surface area (Å²) in [5, 5.41) is 2.73. The molecule has 1 amide bonds. The predicted molar refractivity (Wildman–Crippen MR) is 97.2 cm³/mol. The summed E-state index contributed by atoms with van der Waals surface area (Å²) in [6, 6.07) is 10.6. The Bertz CT molecular complexity index is 783. The smallest absolute Gasteiger partial charge is 0.338 e. The molecule has 1 N–H and O–H groups in total. The van der Waals surface area contributed by atoms with Gasteiger partial charge in [-0.3, -0.25) is 4.79 Å². The summed E-state index contributed by atoms with van der Waals surface area (Å²) in [5.41, 5.74) is 4.14. The fourth-order valence-electron chi connectivity index (χ4n) is 2.43. The molecule has 2 aromatic carbocycles. The van der Waals surface area contributed by atoms with E-state index >= 15 is 0 Å². The second-order valence-corrected chi connectivity index (χ2v) is 5.84. The lowest BCUT2D eigenvalue weighted by atomic mass is 10.1. The number of carbonyl (C=O) groups is 2. The molecular formula is C20H23NO4. The Kier molecular flexibility index (Phi) is 6.17. The van der Waals surface area contributed by atoms with Crippen LogP contribution in [-0.2, 0) is 9.53 Å². The number of hydrogen-bond donors (Lipinski definition) is 1. The van der Waals surface area contributed by atoms with Crippen LogP contribution in [0.3, 0.4) is 0 Å². The molecule has 5 nitrogen and oxygen atoms in total. The minimum absolute atomic E-state index is 0.104. The van der Waals surface area contributed by atoms with Crippen LogP contribution < -0.4 is 10.1 Å². The number of esters is 1. The number of hydrogen-bond acceptors (Lipinski definition) is 4. The lowest BCUT2D eigenvalue weighted by Crippen LogP contribution is -2.20. The van der Waals surface area contributed by atoms with Gasteiger partial charge in [-0.05, 0) is 68.7 Å². The van der Waals surface area contributed by atoms with E-state index in [-0.39, 0.29) is 12.5 Å². The molecule has 0 fully saturated rings. The second kappa shape index (κ2) is 8.33. The van der Waals surface area contributed by atoms with Crippen molar-refractivity contribution in [3.63, 3.8) is 0 Å². The number of carbonyl (C=O) groups excluding carboxylic acids is 2. The molecule has 0 saturated heterocycles. The van der Waals surface area contributed by atoms with Gasteiger partial charge in [0, 0.05) is 5.69 Å². The van der Waals surface area contributed by atoms with Crippen molar-refractivity contribution in [3.05, 3.63) is 58.7 Å². The van der Waals surface area contributed by atoms with Crippen molar-refractivity contribution in [2.75, 3.05) is 18.5 Å². The monoisotopic (exact) mass is 341 g/mol. The molecule has 2 rings (SSSR count). The number of anilines is 1. The van der Waals surface area contributed by atoms with Crippen LogP contribution in [0.15, 0.2) is 36.4 Å². The van der Waals surface area contributed by atoms with E-state index in [4.69, 9.17) is 9.47 Å². The summed E-state index contributed by atoms with van der Waals surface area (Å²) in [7, 11) is 0. The van der Waals surface area contributed by atoms with Crippen LogP contribution in [-0.4, -0.2) is 25.1 Å². The van der Waals surface area contributed by atoms with E-state index in [2.05, 4.69) is 11.4 Å². The van der Waals surface area contributed by atoms with Gasteiger partial charge < -0.3 is 14.8 Å². The third kappa shape index (κ3) is 5.08. The highest BCUT2D eigenvalue weighted by molar-refractivity contribution is 5.95. The Labute approximate surface area is 148 Å². The minimum Gasteiger partial charge on any atom is -0.483 e. The van der Waals surface area contributed by atoms with Crippen molar-refractivity contribution >= 4 is 17.6 Å². The van der Waals surface area contributed by atoms with Gasteiger partial charge in [0.2, 0.25) is 0 Å². The molecular weight excluding hydrogens is 318 g/mol. The van der Waals surface area contributed by atoms with Gasteiger partial charge in [0.05, 0.1) is 12.2 Å². The van der Waals surface area contributed by atoms with E-state index in [0.29, 0.717) is 23.6 Å². The first-order chi connectivity index (χ1) is 11.9. The topological polar surface area (TPSA) is 64.6 Å². The molecule has 5 heteroatoms. The van der Waals surface area contributed by atoms with Crippen molar-refractivity contribution in [2.24, 2.45) is 0 Å². The third-order valence-corrected chi connectivity index (χ3v) is 3.78. The summed E-state index contributed by atoms with van der Waals surface area (Å²) in [6.07, 6.45) is 0. The molecule has 0 radical (unpaired) electrons. The average molecular weight is 341 g/mol. The van der Waals surface area contributed by atoms with Gasteiger partial charge in [-0.15, -0.1) is 0 Å². The predicted octanol–water partition coefficient (Wildman–Crippen LogP) is 3.81. The van der Waals surface area contributed by atoms with Crippen LogP contribution in [0, 0.1) is 20.8 Å². The first-order valence-corrected chi connectivity index (χ1v) is 8.18. The van der Waals surface area contributed by atoms with E-state index in [9.17, 15) is 9.59 Å². The van der Waals surface area contributed by atoms with Crippen LogP contribution in [0.5, 0.6) is 5.75 Å². The van der Waals surface area contributed by atoms with Crippen molar-refractivity contribution in [1.82, 2.24) is 0 Å². The highest BCUT2D eigenvalue weighted by Gasteiger charge is 2.10. The zero-order chi connectivity index (χ0) is 18.4. The summed E-state index contributed by atoms with van der Waals surface area (Å²) in [6.45, 7) is 7.91. The van der Waals surface area contributed by atoms with Gasteiger partial charge in [-0.25, -0.2) is 4.79 Å². The summed E-state index contributed by atoms with van der Waals surface area (Å²) < 4.78 is 10.6. The van der Waals surface area contributed by atoms with Crippen LogP contribution >= 0.6 is 0 Å². The number of aryl methyl sites for hydroxylation is 2. The van der Waals surface area contributed by atoms with Crippen molar-refractivity contribution in [3.8, 4) is 5.75 Å². The van der Waals surface area contributed by atoms with Crippen molar-refractivity contribution in [1.29, 1.82) is 0 Å². The molecule has 0 spiro atoms. The Balaban J connectivity index is 1.99. The zero-order valence-corrected chi connectivity index (χ0v) is 15.0. The third-order valence-electron chi connectivity index (χ3n) is 3.78. The normalized spacial score (nSPS) is 10.2. The molecule has 0 aliphatic heterocycles. The highest BCUT2D eigenvalue weighted by Crippen LogP contribution is 2.23. The maximum atomic E-state index is 12.1. The molecule has 0 aliphatic rings. The van der Waals surface area contributed by atoms with Crippen LogP contribution in [0.1, 0.15) is 34.0 Å². The maximum Gasteiger partial charge on any atom is 0.338 e. The fourth-order valence-corrected chi connectivity index (χ4v) is 2.43. The Morgan fingerprint density at radius 3 is 2.56 bits per heavy atom. The molecule has 0 atom stereocenters. The number of rotatable bonds is 6. The van der Waals surface area contributed by atoms with Gasteiger partial charge in [0.25, 0.3) is 5.91 Å². The molecule has 0 bridgehead atoms. The van der Waals surface area contributed by atoms with Crippen LogP contribution in [0.25, 0.3) is 0 Å². The van der Waals surface area contributed by atoms with Gasteiger partial charge >= 0.3 is 5.97 Å². The van der Waals surface area contributed by atoms with Crippen LogP contribution in [0.2, 0.25) is 0 Å². The number of nitrogens with one attached hydrogen (secondary N) is 1. The minimum atomic E-state index is -0.416. The summed E-state index contributed by atoms with van der Waals surface area (Å²) in [4.78, 5) is 23.9. The molecule has 0 unspecified atom stereocenters. The van der Waals surface area contributed by atoms with Crippen molar-refractivity contribution in [2.45, 2.75) is 27.7 Å². The molecule has 132 valence electrons. The van der Waals surface area contributed by atoms with Gasteiger partial charge in [-0.1, -0.05) is 12.1 Å². The average Bonchev–Trinajstić information content (AvgIpc) is 2.57. The second-order valence-electron chi connectivity index (χ2n) is 5.84. The largest absolute Gasteiger partial charge is 0.483 e. The standard InChI is InChI=1S/C20H23NO4/c1-5-24-20(23)16-7-6-8-17(11-16)21-19(22)12-25-18-10-13(2)9-14(3)15(18)4/h6-11H,5,12H2,1-4H3,(H,21,22). The molecule has 0 heterocycles. The zero-order valence-electron chi connectivity index (χ0n) is 15.0. The van der Waals surface area contributed by atoms with Crippen molar-refractivity contribution < 1.29 is 19.1 Å². The Hall–Kier alpha value is -2.82. The SMILES string of the molecule is CCOC(=O)c1cccc(NC(=O)COc2cc(C)cc(C)c2C)c1. The lowest BCUT2D eigenvalue weighted by molar-refractivity contribution is -0.118.